The van der Waals surface area contributed by atoms with Gasteiger partial charge in [-0.2, -0.15) is 0 Å². The number of nitrogens with two attached hydrogens (primary N) is 1. The van der Waals surface area contributed by atoms with Gasteiger partial charge in [-0.25, -0.2) is 10.9 Å². The zero-order valence-electron chi connectivity index (χ0n) is 9.14. The van der Waals surface area contributed by atoms with Gasteiger partial charge < -0.3 is 11.1 Å². The molecule has 5 nitrogen and oxygen atoms in total. The number of nitrogens with one attached hydrogen (secondary N) is 3. The van der Waals surface area contributed by atoms with Gasteiger partial charge in [0.25, 0.3) is 0 Å². The first-order valence-electron chi connectivity index (χ1n) is 5.19. The molecule has 1 aromatic rings. The SMILES string of the molecule is NC1CC(C(=O)Nc2cc(Cl)c(Cl)cc2Cl)NN1. The molecule has 1 aliphatic rings. The number of anilines is 1. The smallest absolute Gasteiger partial charge is 0.243 e. The average Bonchev–Trinajstić information content (AvgIpc) is 2.73. The van der Waals surface area contributed by atoms with Crippen LogP contribution in [0.1, 0.15) is 6.42 Å². The van der Waals surface area contributed by atoms with Crippen molar-refractivity contribution in [2.24, 2.45) is 5.73 Å². The van der Waals surface area contributed by atoms with E-state index in [1.165, 1.54) is 12.1 Å². The highest BCUT2D eigenvalue weighted by Gasteiger charge is 2.27. The Morgan fingerprint density at radius 1 is 1.22 bits per heavy atom. The second-order valence-corrected chi connectivity index (χ2v) is 5.14. The van der Waals surface area contributed by atoms with E-state index in [1.807, 2.05) is 0 Å². The Bertz CT molecular complexity index is 482. The Balaban J connectivity index is 2.09. The fourth-order valence-electron chi connectivity index (χ4n) is 1.59. The molecule has 1 aromatic carbocycles. The Morgan fingerprint density at radius 3 is 2.50 bits per heavy atom. The highest BCUT2D eigenvalue weighted by atomic mass is 35.5. The Hall–Kier alpha value is -0.560. The number of amides is 1. The first kappa shape index (κ1) is 13.9. The molecule has 8 heteroatoms. The largest absolute Gasteiger partial charge is 0.323 e. The van der Waals surface area contributed by atoms with Crippen molar-refractivity contribution in [3.63, 3.8) is 0 Å². The summed E-state index contributed by atoms with van der Waals surface area (Å²) in [6.45, 7) is 0. The van der Waals surface area contributed by atoms with Crippen molar-refractivity contribution < 1.29 is 4.79 Å². The number of hydrogen-bond donors (Lipinski definition) is 4. The maximum Gasteiger partial charge on any atom is 0.243 e. The van der Waals surface area contributed by atoms with Gasteiger partial charge in [0.15, 0.2) is 0 Å². The van der Waals surface area contributed by atoms with E-state index in [0.717, 1.165) is 0 Å². The van der Waals surface area contributed by atoms with Crippen LogP contribution in [0.4, 0.5) is 5.69 Å². The summed E-state index contributed by atoms with van der Waals surface area (Å²) in [5.74, 6) is -0.240. The summed E-state index contributed by atoms with van der Waals surface area (Å²) in [6.07, 6.45) is 0.246. The fourth-order valence-corrected chi connectivity index (χ4v) is 2.18. The van der Waals surface area contributed by atoms with Crippen LogP contribution in [0.2, 0.25) is 15.1 Å². The van der Waals surface area contributed by atoms with E-state index in [0.29, 0.717) is 27.2 Å². The van der Waals surface area contributed by atoms with Crippen molar-refractivity contribution in [2.75, 3.05) is 5.32 Å². The molecule has 2 unspecified atom stereocenters. The predicted molar refractivity (Wildman–Crippen MR) is 72.8 cm³/mol. The van der Waals surface area contributed by atoms with E-state index < -0.39 is 6.04 Å². The van der Waals surface area contributed by atoms with Crippen molar-refractivity contribution in [3.8, 4) is 0 Å². The minimum atomic E-state index is -0.412. The molecule has 2 atom stereocenters. The first-order valence-corrected chi connectivity index (χ1v) is 6.33. The fraction of sp³-hybridized carbons (Fsp3) is 0.300. The maximum absolute atomic E-state index is 11.9. The van der Waals surface area contributed by atoms with Crippen LogP contribution in [0.15, 0.2) is 12.1 Å². The lowest BCUT2D eigenvalue weighted by atomic mass is 10.2. The molecule has 2 rings (SSSR count). The number of benzene rings is 1. The molecule has 1 amide bonds. The van der Waals surface area contributed by atoms with Gasteiger partial charge >= 0.3 is 0 Å². The van der Waals surface area contributed by atoms with E-state index in [9.17, 15) is 4.79 Å². The van der Waals surface area contributed by atoms with Crippen molar-refractivity contribution in [3.05, 3.63) is 27.2 Å². The molecule has 0 bridgehead atoms. The van der Waals surface area contributed by atoms with Gasteiger partial charge in [-0.15, -0.1) is 0 Å². The van der Waals surface area contributed by atoms with Gasteiger partial charge in [0.2, 0.25) is 5.91 Å². The van der Waals surface area contributed by atoms with Crippen molar-refractivity contribution in [1.29, 1.82) is 0 Å². The van der Waals surface area contributed by atoms with E-state index in [-0.39, 0.29) is 12.1 Å². The molecule has 1 saturated heterocycles. The van der Waals surface area contributed by atoms with Crippen LogP contribution in [0.25, 0.3) is 0 Å². The Morgan fingerprint density at radius 2 is 1.89 bits per heavy atom. The Labute approximate surface area is 119 Å². The van der Waals surface area contributed by atoms with Crippen molar-refractivity contribution in [1.82, 2.24) is 10.9 Å². The number of hydrazine groups is 1. The first-order chi connectivity index (χ1) is 8.47. The lowest BCUT2D eigenvalue weighted by molar-refractivity contribution is -0.117. The number of hydrogen-bond acceptors (Lipinski definition) is 4. The second-order valence-electron chi connectivity index (χ2n) is 3.92. The Kier molecular flexibility index (Phi) is 4.32. The number of rotatable bonds is 2. The molecule has 5 N–H and O–H groups in total. The minimum absolute atomic E-state index is 0.240. The van der Waals surface area contributed by atoms with Gasteiger partial charge in [-0.05, 0) is 12.1 Å². The molecule has 1 aliphatic heterocycles. The molecule has 0 aliphatic carbocycles. The molecular formula is C10H11Cl3N4O. The molecule has 0 radical (unpaired) electrons. The number of carbonyl (C=O) groups is 1. The van der Waals surface area contributed by atoms with Crippen molar-refractivity contribution in [2.45, 2.75) is 18.6 Å². The lowest BCUT2D eigenvalue weighted by Gasteiger charge is -2.12. The molecule has 0 spiro atoms. The normalized spacial score (nSPS) is 23.1. The lowest BCUT2D eigenvalue weighted by Crippen LogP contribution is -2.41. The van der Waals surface area contributed by atoms with E-state index >= 15 is 0 Å². The molecule has 1 fully saturated rings. The van der Waals surface area contributed by atoms with E-state index in [1.54, 1.807) is 0 Å². The summed E-state index contributed by atoms with van der Waals surface area (Å²) in [4.78, 5) is 11.9. The van der Waals surface area contributed by atoms with Crippen LogP contribution >= 0.6 is 34.8 Å². The third kappa shape index (κ3) is 3.06. The van der Waals surface area contributed by atoms with Crippen LogP contribution in [-0.2, 0) is 4.79 Å². The summed E-state index contributed by atoms with van der Waals surface area (Å²) >= 11 is 17.6. The topological polar surface area (TPSA) is 79.2 Å². The third-order valence-electron chi connectivity index (χ3n) is 2.52. The molecule has 1 heterocycles. The monoisotopic (exact) mass is 308 g/mol. The summed E-state index contributed by atoms with van der Waals surface area (Å²) in [5, 5.41) is 3.66. The van der Waals surface area contributed by atoms with Gasteiger partial charge in [0.05, 0.1) is 26.9 Å². The summed E-state index contributed by atoms with van der Waals surface area (Å²) in [7, 11) is 0. The summed E-state index contributed by atoms with van der Waals surface area (Å²) in [5.41, 5.74) is 11.6. The molecule has 98 valence electrons. The second kappa shape index (κ2) is 5.61. The zero-order chi connectivity index (χ0) is 13.3. The molecule has 0 saturated carbocycles. The highest BCUT2D eigenvalue weighted by Crippen LogP contribution is 2.32. The standard InChI is InChI=1S/C10H11Cl3N4O/c11-4-1-6(13)7(2-5(4)12)15-10(18)8-3-9(14)17-16-8/h1-2,8-9,16-17H,3,14H2,(H,15,18). The van der Waals surface area contributed by atoms with Gasteiger partial charge in [0, 0.05) is 6.42 Å². The van der Waals surface area contributed by atoms with Crippen LogP contribution in [0, 0.1) is 0 Å². The highest BCUT2D eigenvalue weighted by molar-refractivity contribution is 6.44. The molecule has 18 heavy (non-hydrogen) atoms. The van der Waals surface area contributed by atoms with E-state index in [2.05, 4.69) is 16.2 Å². The van der Waals surface area contributed by atoms with Crippen LogP contribution in [-0.4, -0.2) is 18.1 Å². The van der Waals surface area contributed by atoms with Gasteiger partial charge in [0.1, 0.15) is 6.04 Å². The predicted octanol–water partition coefficient (Wildman–Crippen LogP) is 1.74. The third-order valence-corrected chi connectivity index (χ3v) is 3.55. The maximum atomic E-state index is 11.9. The quantitative estimate of drug-likeness (QED) is 0.628. The van der Waals surface area contributed by atoms with Crippen LogP contribution < -0.4 is 21.9 Å². The van der Waals surface area contributed by atoms with Crippen molar-refractivity contribution >= 4 is 46.4 Å². The van der Waals surface area contributed by atoms with E-state index in [4.69, 9.17) is 40.5 Å². The zero-order valence-corrected chi connectivity index (χ0v) is 11.4. The van der Waals surface area contributed by atoms with Crippen LogP contribution in [0.5, 0.6) is 0 Å². The number of carbonyl (C=O) groups excluding carboxylic acids is 1. The molecule has 0 aromatic heterocycles. The van der Waals surface area contributed by atoms with Gasteiger partial charge in [-0.1, -0.05) is 34.8 Å². The summed E-state index contributed by atoms with van der Waals surface area (Å²) in [6, 6.07) is 2.57. The van der Waals surface area contributed by atoms with Gasteiger partial charge in [-0.3, -0.25) is 4.79 Å². The summed E-state index contributed by atoms with van der Waals surface area (Å²) < 4.78 is 0. The molecular weight excluding hydrogens is 298 g/mol. The van der Waals surface area contributed by atoms with Crippen LogP contribution in [0.3, 0.4) is 0 Å². The minimum Gasteiger partial charge on any atom is -0.323 e. The number of halogens is 3. The average molecular weight is 310 g/mol.